The Labute approximate surface area is 99.7 Å². The molecule has 0 bridgehead atoms. The topological polar surface area (TPSA) is 87.7 Å². The summed E-state index contributed by atoms with van der Waals surface area (Å²) in [6.07, 6.45) is 2.11. The predicted octanol–water partition coefficient (Wildman–Crippen LogP) is -0.654. The number of amides is 1. The van der Waals surface area contributed by atoms with Crippen LogP contribution in [0.2, 0.25) is 0 Å². The highest BCUT2D eigenvalue weighted by Crippen LogP contribution is 2.20. The van der Waals surface area contributed by atoms with Gasteiger partial charge in [-0.1, -0.05) is 0 Å². The van der Waals surface area contributed by atoms with Gasteiger partial charge in [0.2, 0.25) is 5.91 Å². The lowest BCUT2D eigenvalue weighted by molar-refractivity contribution is -0.148. The van der Waals surface area contributed by atoms with Gasteiger partial charge in [-0.2, -0.15) is 0 Å². The summed E-state index contributed by atoms with van der Waals surface area (Å²) in [6, 6.07) is 0. The second kappa shape index (κ2) is 5.01. The van der Waals surface area contributed by atoms with E-state index < -0.39 is 11.5 Å². The summed E-state index contributed by atoms with van der Waals surface area (Å²) in [5, 5.41) is 15.0. The van der Waals surface area contributed by atoms with E-state index in [4.69, 9.17) is 4.74 Å². The number of nitrogens with one attached hydrogen (secondary N) is 2. The number of carbonyl (C=O) groups is 2. The van der Waals surface area contributed by atoms with Crippen molar-refractivity contribution in [1.29, 1.82) is 0 Å². The van der Waals surface area contributed by atoms with Crippen LogP contribution in [0, 0.1) is 5.92 Å². The van der Waals surface area contributed by atoms with Crippen LogP contribution in [0.25, 0.3) is 0 Å². The maximum absolute atomic E-state index is 12.0. The van der Waals surface area contributed by atoms with Crippen LogP contribution >= 0.6 is 0 Å². The maximum Gasteiger partial charge on any atom is 0.331 e. The van der Waals surface area contributed by atoms with Crippen molar-refractivity contribution in [3.05, 3.63) is 0 Å². The van der Waals surface area contributed by atoms with Crippen LogP contribution < -0.4 is 10.6 Å². The first-order valence-corrected chi connectivity index (χ1v) is 5.98. The van der Waals surface area contributed by atoms with Crippen molar-refractivity contribution < 1.29 is 19.4 Å². The number of piperidine rings is 1. The van der Waals surface area contributed by atoms with E-state index in [-0.39, 0.29) is 18.4 Å². The summed E-state index contributed by atoms with van der Waals surface area (Å²) in [4.78, 5) is 23.2. The number of carbonyl (C=O) groups excluding carboxylic acids is 1. The molecule has 6 heteroatoms. The minimum absolute atomic E-state index is 0.0637. The molecule has 0 radical (unpaired) electrons. The average Bonchev–Trinajstić information content (AvgIpc) is 2.80. The maximum atomic E-state index is 12.0. The SMILES string of the molecule is O=C(NC1(C(=O)O)CCOC1)[C@@H]1CCCNC1. The van der Waals surface area contributed by atoms with Crippen molar-refractivity contribution in [3.63, 3.8) is 0 Å². The first-order chi connectivity index (χ1) is 8.14. The third-order valence-corrected chi connectivity index (χ3v) is 3.46. The van der Waals surface area contributed by atoms with Crippen LogP contribution in [-0.2, 0) is 14.3 Å². The summed E-state index contributed by atoms with van der Waals surface area (Å²) in [6.45, 7) is 2.00. The van der Waals surface area contributed by atoms with Crippen molar-refractivity contribution in [2.45, 2.75) is 24.8 Å². The molecule has 2 fully saturated rings. The lowest BCUT2D eigenvalue weighted by atomic mass is 9.94. The van der Waals surface area contributed by atoms with Gasteiger partial charge in [0, 0.05) is 19.6 Å². The van der Waals surface area contributed by atoms with Crippen LogP contribution in [0.4, 0.5) is 0 Å². The van der Waals surface area contributed by atoms with Crippen molar-refractivity contribution >= 4 is 11.9 Å². The molecular weight excluding hydrogens is 224 g/mol. The Morgan fingerprint density at radius 3 is 2.82 bits per heavy atom. The highest BCUT2D eigenvalue weighted by Gasteiger charge is 2.44. The Balaban J connectivity index is 1.98. The molecule has 0 aromatic carbocycles. The summed E-state index contributed by atoms with van der Waals surface area (Å²) >= 11 is 0. The molecule has 0 saturated carbocycles. The Morgan fingerprint density at radius 1 is 1.47 bits per heavy atom. The van der Waals surface area contributed by atoms with Crippen LogP contribution in [0.3, 0.4) is 0 Å². The molecule has 17 heavy (non-hydrogen) atoms. The normalized spacial score (nSPS) is 33.3. The van der Waals surface area contributed by atoms with Gasteiger partial charge in [-0.15, -0.1) is 0 Å². The van der Waals surface area contributed by atoms with Gasteiger partial charge in [0.1, 0.15) is 0 Å². The number of aliphatic carboxylic acids is 1. The molecule has 0 aromatic rings. The highest BCUT2D eigenvalue weighted by atomic mass is 16.5. The highest BCUT2D eigenvalue weighted by molar-refractivity contribution is 5.88. The molecule has 2 aliphatic rings. The van der Waals surface area contributed by atoms with Crippen LogP contribution in [0.5, 0.6) is 0 Å². The number of hydrogen-bond acceptors (Lipinski definition) is 4. The van der Waals surface area contributed by atoms with Gasteiger partial charge in [-0.25, -0.2) is 4.79 Å². The third-order valence-electron chi connectivity index (χ3n) is 3.46. The number of ether oxygens (including phenoxy) is 1. The van der Waals surface area contributed by atoms with E-state index in [0.717, 1.165) is 19.4 Å². The molecule has 0 aromatic heterocycles. The molecule has 0 spiro atoms. The zero-order valence-corrected chi connectivity index (χ0v) is 9.70. The molecule has 1 amide bonds. The molecule has 2 saturated heterocycles. The van der Waals surface area contributed by atoms with Gasteiger partial charge in [0.25, 0.3) is 0 Å². The van der Waals surface area contributed by atoms with Crippen molar-refractivity contribution in [2.75, 3.05) is 26.3 Å². The zero-order valence-electron chi connectivity index (χ0n) is 9.70. The first kappa shape index (κ1) is 12.3. The fourth-order valence-electron chi connectivity index (χ4n) is 2.30. The Morgan fingerprint density at radius 2 is 2.29 bits per heavy atom. The number of hydrogen-bond donors (Lipinski definition) is 3. The molecule has 1 unspecified atom stereocenters. The molecule has 2 rings (SSSR count). The summed E-state index contributed by atoms with van der Waals surface area (Å²) in [5.41, 5.74) is -1.21. The van der Waals surface area contributed by atoms with E-state index in [1.807, 2.05) is 0 Å². The third kappa shape index (κ3) is 2.58. The van der Waals surface area contributed by atoms with Gasteiger partial charge in [-0.05, 0) is 19.4 Å². The number of carboxylic acid groups (broad SMARTS) is 1. The van der Waals surface area contributed by atoms with E-state index in [1.165, 1.54) is 0 Å². The lowest BCUT2D eigenvalue weighted by Gasteiger charge is -2.28. The van der Waals surface area contributed by atoms with Crippen LogP contribution in [0.1, 0.15) is 19.3 Å². The predicted molar refractivity (Wildman–Crippen MR) is 59.5 cm³/mol. The molecule has 3 N–H and O–H groups in total. The van der Waals surface area contributed by atoms with Gasteiger partial charge in [0.15, 0.2) is 5.54 Å². The van der Waals surface area contributed by atoms with Gasteiger partial charge >= 0.3 is 5.97 Å². The molecule has 0 aliphatic carbocycles. The summed E-state index contributed by atoms with van der Waals surface area (Å²) in [5.74, 6) is -1.31. The standard InChI is InChI=1S/C11H18N2O4/c14-9(8-2-1-4-12-6-8)13-11(10(15)16)3-5-17-7-11/h8,12H,1-7H2,(H,13,14)(H,15,16)/t8-,11?/m1/s1. The van der Waals surface area contributed by atoms with E-state index in [2.05, 4.69) is 10.6 Å². The van der Waals surface area contributed by atoms with Crippen molar-refractivity contribution in [1.82, 2.24) is 10.6 Å². The van der Waals surface area contributed by atoms with Gasteiger partial charge in [0.05, 0.1) is 12.5 Å². The monoisotopic (exact) mass is 242 g/mol. The van der Waals surface area contributed by atoms with E-state index in [1.54, 1.807) is 0 Å². The molecule has 96 valence electrons. The van der Waals surface area contributed by atoms with Crippen molar-refractivity contribution in [2.24, 2.45) is 5.92 Å². The van der Waals surface area contributed by atoms with Crippen LogP contribution in [0.15, 0.2) is 0 Å². The van der Waals surface area contributed by atoms with Gasteiger partial charge in [-0.3, -0.25) is 4.79 Å². The fourth-order valence-corrected chi connectivity index (χ4v) is 2.30. The number of carboxylic acids is 1. The fraction of sp³-hybridized carbons (Fsp3) is 0.818. The average molecular weight is 242 g/mol. The lowest BCUT2D eigenvalue weighted by Crippen LogP contribution is -2.57. The molecule has 2 atom stereocenters. The van der Waals surface area contributed by atoms with Crippen molar-refractivity contribution in [3.8, 4) is 0 Å². The summed E-state index contributed by atoms with van der Waals surface area (Å²) < 4.78 is 5.10. The second-order valence-corrected chi connectivity index (χ2v) is 4.72. The quantitative estimate of drug-likeness (QED) is 0.612. The molecule has 2 aliphatic heterocycles. The smallest absolute Gasteiger partial charge is 0.331 e. The largest absolute Gasteiger partial charge is 0.479 e. The Kier molecular flexibility index (Phi) is 3.63. The Bertz CT molecular complexity index is 307. The molecule has 6 nitrogen and oxygen atoms in total. The first-order valence-electron chi connectivity index (χ1n) is 5.98. The second-order valence-electron chi connectivity index (χ2n) is 4.72. The molecule has 2 heterocycles. The van der Waals surface area contributed by atoms with E-state index >= 15 is 0 Å². The minimum atomic E-state index is -1.21. The Hall–Kier alpha value is -1.14. The van der Waals surface area contributed by atoms with E-state index in [9.17, 15) is 14.7 Å². The minimum Gasteiger partial charge on any atom is -0.479 e. The summed E-state index contributed by atoms with van der Waals surface area (Å²) in [7, 11) is 0. The zero-order chi connectivity index (χ0) is 12.3. The molecular formula is C11H18N2O4. The van der Waals surface area contributed by atoms with Crippen LogP contribution in [-0.4, -0.2) is 48.8 Å². The number of rotatable bonds is 3. The van der Waals surface area contributed by atoms with E-state index in [0.29, 0.717) is 19.6 Å². The van der Waals surface area contributed by atoms with Gasteiger partial charge < -0.3 is 20.5 Å².